The van der Waals surface area contributed by atoms with Gasteiger partial charge in [0, 0.05) is 15.6 Å². The lowest BCUT2D eigenvalue weighted by Crippen LogP contribution is -2.47. The van der Waals surface area contributed by atoms with Gasteiger partial charge in [0.2, 0.25) is 0 Å². The summed E-state index contributed by atoms with van der Waals surface area (Å²) in [5.41, 5.74) is 0.816. The van der Waals surface area contributed by atoms with Crippen LogP contribution in [0.25, 0.3) is 0 Å². The number of likely N-dealkylation sites (N-methyl/N-ethyl adjacent to an activating group) is 1. The molecule has 1 saturated heterocycles. The quantitative estimate of drug-likeness (QED) is 0.928. The van der Waals surface area contributed by atoms with Gasteiger partial charge in [0.1, 0.15) is 0 Å². The largest absolute Gasteiger partial charge is 0.493 e. The third-order valence-electron chi connectivity index (χ3n) is 5.19. The molecule has 1 aromatic carbocycles. The number of methoxy groups -OCH3 is 2. The van der Waals surface area contributed by atoms with E-state index in [2.05, 4.69) is 0 Å². The molecule has 1 N–H and O–H groups in total. The Morgan fingerprint density at radius 1 is 1.29 bits per heavy atom. The van der Waals surface area contributed by atoms with Gasteiger partial charge in [-0.15, -0.1) is 0 Å². The Kier molecular flexibility index (Phi) is 2.97. The van der Waals surface area contributed by atoms with Gasteiger partial charge in [0.05, 0.1) is 20.3 Å². The fourth-order valence-corrected chi connectivity index (χ4v) is 4.01. The molecule has 0 aromatic heterocycles. The van der Waals surface area contributed by atoms with E-state index in [1.165, 1.54) is 0 Å². The second-order valence-electron chi connectivity index (χ2n) is 6.11. The van der Waals surface area contributed by atoms with Crippen LogP contribution in [0.5, 0.6) is 11.5 Å². The summed E-state index contributed by atoms with van der Waals surface area (Å²) in [7, 11) is 3.20. The molecule has 1 aliphatic heterocycles. The minimum Gasteiger partial charge on any atom is -0.493 e. The topological polar surface area (TPSA) is 41.9 Å². The van der Waals surface area contributed by atoms with E-state index in [9.17, 15) is 5.11 Å². The van der Waals surface area contributed by atoms with Crippen molar-refractivity contribution in [3.8, 4) is 11.5 Å². The molecule has 1 heterocycles. The number of hydrogen-bond acceptors (Lipinski definition) is 4. The van der Waals surface area contributed by atoms with Gasteiger partial charge in [-0.05, 0) is 56.9 Å². The number of aliphatic hydroxyl groups excluding tert-OH is 1. The molecule has 0 spiro atoms. The van der Waals surface area contributed by atoms with Crippen molar-refractivity contribution in [2.24, 2.45) is 0 Å². The highest BCUT2D eigenvalue weighted by molar-refractivity contribution is 5.46. The van der Waals surface area contributed by atoms with E-state index in [1.807, 2.05) is 18.2 Å². The second kappa shape index (κ2) is 5.50. The fraction of sp³-hybridized carbons (Fsp3) is 0.647. The predicted molar refractivity (Wildman–Crippen MR) is 82.1 cm³/mol. The van der Waals surface area contributed by atoms with Gasteiger partial charge in [0.15, 0.2) is 11.5 Å². The highest BCUT2D eigenvalue weighted by Gasteiger charge is 2.50. The number of hydrogen-bond donors (Lipinski definition) is 1. The molecule has 0 radical (unpaired) electrons. The number of likely N-dealkylation sites (tertiary alicyclic amines) is 1. The number of fused-ring (bicyclic) bond motifs is 1. The van der Waals surface area contributed by atoms with E-state index in [-0.39, 0.29) is 11.5 Å². The molecule has 0 amide bonds. The van der Waals surface area contributed by atoms with Crippen molar-refractivity contribution in [2.45, 2.75) is 43.2 Å². The van der Waals surface area contributed by atoms with Crippen molar-refractivity contribution in [1.29, 1.82) is 0 Å². The Morgan fingerprint density at radius 2 is 2.10 bits per heavy atom. The molecule has 0 unspecified atom stereocenters. The van der Waals surface area contributed by atoms with Crippen LogP contribution < -0.4 is 9.47 Å². The van der Waals surface area contributed by atoms with Crippen molar-refractivity contribution in [1.82, 2.24) is 4.90 Å². The lowest BCUT2D eigenvalue weighted by molar-refractivity contribution is 0.0566. The van der Waals surface area contributed by atoms with Crippen LogP contribution in [0.15, 0.2) is 18.2 Å². The summed E-state index contributed by atoms with van der Waals surface area (Å²) in [5, 5.41) is 10.1. The SMILES string of the molecule is [2H]C([2H])([2H])N1CC[C@]2(c3ccc(OC)c(OC)c3)CC[C@@H](O)C[C@H]12. The lowest BCUT2D eigenvalue weighted by atomic mass is 9.65. The van der Waals surface area contributed by atoms with Crippen molar-refractivity contribution < 1.29 is 18.7 Å². The highest BCUT2D eigenvalue weighted by Crippen LogP contribution is 2.49. The molecule has 3 rings (SSSR count). The standard InChI is InChI=1S/C17H25NO3/c1-18-9-8-17(7-6-13(19)11-16(17)18)12-4-5-14(20-2)15(10-12)21-3/h4-5,10,13,16,19H,6-9,11H2,1-3H3/t13-,16+,17+/m1/s1/i1D3. The molecule has 2 aliphatic rings. The Morgan fingerprint density at radius 3 is 2.81 bits per heavy atom. The first kappa shape index (κ1) is 11.3. The molecule has 2 fully saturated rings. The highest BCUT2D eigenvalue weighted by atomic mass is 16.5. The molecule has 1 aliphatic carbocycles. The maximum atomic E-state index is 10.1. The third kappa shape index (κ3) is 2.30. The Bertz CT molecular complexity index is 607. The van der Waals surface area contributed by atoms with Gasteiger partial charge in [-0.25, -0.2) is 0 Å². The Balaban J connectivity index is 2.03. The molecule has 0 bridgehead atoms. The van der Waals surface area contributed by atoms with E-state index in [0.717, 1.165) is 18.4 Å². The molecular weight excluding hydrogens is 266 g/mol. The predicted octanol–water partition coefficient (Wildman–Crippen LogP) is 2.19. The molecule has 1 saturated carbocycles. The number of ether oxygens (including phenoxy) is 2. The maximum absolute atomic E-state index is 10.1. The van der Waals surface area contributed by atoms with Crippen LogP contribution in [0.1, 0.15) is 35.4 Å². The van der Waals surface area contributed by atoms with Crippen LogP contribution in [0.2, 0.25) is 0 Å². The smallest absolute Gasteiger partial charge is 0.161 e. The average Bonchev–Trinajstić information content (AvgIpc) is 2.94. The van der Waals surface area contributed by atoms with Crippen LogP contribution in [-0.4, -0.2) is 49.9 Å². The van der Waals surface area contributed by atoms with Gasteiger partial charge >= 0.3 is 0 Å². The normalized spacial score (nSPS) is 35.5. The van der Waals surface area contributed by atoms with Crippen molar-refractivity contribution in [2.75, 3.05) is 27.7 Å². The minimum absolute atomic E-state index is 0.188. The molecule has 3 atom stereocenters. The summed E-state index contributed by atoms with van der Waals surface area (Å²) in [4.78, 5) is 1.59. The first-order valence-electron chi connectivity index (χ1n) is 8.99. The first-order chi connectivity index (χ1) is 11.3. The van der Waals surface area contributed by atoms with E-state index in [4.69, 9.17) is 13.6 Å². The molecule has 1 aromatic rings. The summed E-state index contributed by atoms with van der Waals surface area (Å²) in [5.74, 6) is 1.32. The van der Waals surface area contributed by atoms with Crippen LogP contribution >= 0.6 is 0 Å². The number of aliphatic hydroxyl groups is 1. The average molecular weight is 294 g/mol. The van der Waals surface area contributed by atoms with Crippen LogP contribution in [0.3, 0.4) is 0 Å². The van der Waals surface area contributed by atoms with Gasteiger partial charge < -0.3 is 19.5 Å². The maximum Gasteiger partial charge on any atom is 0.161 e. The zero-order valence-corrected chi connectivity index (χ0v) is 12.6. The summed E-state index contributed by atoms with van der Waals surface area (Å²) < 4.78 is 34.3. The summed E-state index contributed by atoms with van der Waals surface area (Å²) >= 11 is 0. The minimum atomic E-state index is -2.14. The van der Waals surface area contributed by atoms with Gasteiger partial charge in [-0.3, -0.25) is 0 Å². The van der Waals surface area contributed by atoms with Crippen LogP contribution in [0.4, 0.5) is 0 Å². The second-order valence-corrected chi connectivity index (χ2v) is 6.11. The molecule has 21 heavy (non-hydrogen) atoms. The fourth-order valence-electron chi connectivity index (χ4n) is 4.01. The summed E-state index contributed by atoms with van der Waals surface area (Å²) in [6.07, 6.45) is 2.30. The van der Waals surface area contributed by atoms with E-state index in [1.54, 1.807) is 19.1 Å². The van der Waals surface area contributed by atoms with E-state index >= 15 is 0 Å². The monoisotopic (exact) mass is 294 g/mol. The van der Waals surface area contributed by atoms with Gasteiger partial charge in [-0.2, -0.15) is 0 Å². The van der Waals surface area contributed by atoms with Crippen molar-refractivity contribution >= 4 is 0 Å². The molecule has 116 valence electrons. The van der Waals surface area contributed by atoms with Crippen molar-refractivity contribution in [3.63, 3.8) is 0 Å². The summed E-state index contributed by atoms with van der Waals surface area (Å²) in [6.45, 7) is -1.62. The zero-order chi connectivity index (χ0) is 17.5. The number of benzene rings is 1. The van der Waals surface area contributed by atoms with Crippen LogP contribution in [-0.2, 0) is 5.41 Å². The lowest BCUT2D eigenvalue weighted by Gasteiger charge is -2.43. The number of rotatable bonds is 3. The van der Waals surface area contributed by atoms with Crippen molar-refractivity contribution in [3.05, 3.63) is 23.8 Å². The zero-order valence-electron chi connectivity index (χ0n) is 15.6. The Hall–Kier alpha value is -1.26. The molecular formula is C17H25NO3. The van der Waals surface area contributed by atoms with Gasteiger partial charge in [0.25, 0.3) is 0 Å². The van der Waals surface area contributed by atoms with Crippen LogP contribution in [0, 0.1) is 0 Å². The summed E-state index contributed by atoms with van der Waals surface area (Å²) in [6, 6.07) is 5.66. The van der Waals surface area contributed by atoms with Gasteiger partial charge in [-0.1, -0.05) is 6.07 Å². The van der Waals surface area contributed by atoms with E-state index in [0.29, 0.717) is 30.9 Å². The Labute approximate surface area is 130 Å². The molecule has 4 nitrogen and oxygen atoms in total. The molecule has 4 heteroatoms. The van der Waals surface area contributed by atoms with E-state index < -0.39 is 13.1 Å². The first-order valence-corrected chi connectivity index (χ1v) is 7.49. The third-order valence-corrected chi connectivity index (χ3v) is 5.19. The number of nitrogens with zero attached hydrogens (tertiary/aromatic N) is 1.